The van der Waals surface area contributed by atoms with Crippen LogP contribution in [0.5, 0.6) is 0 Å². The van der Waals surface area contributed by atoms with Gasteiger partial charge < -0.3 is 5.73 Å². The topological polar surface area (TPSA) is 77.2 Å². The molecule has 94 valence electrons. The van der Waals surface area contributed by atoms with Crippen LogP contribution in [-0.4, -0.2) is 32.3 Å². The minimum atomic E-state index is -3.10. The van der Waals surface area contributed by atoms with E-state index in [1.807, 2.05) is 0 Å². The first kappa shape index (κ1) is 14.2. The number of halogens is 1. The molecule has 0 aliphatic heterocycles. The van der Waals surface area contributed by atoms with Crippen molar-refractivity contribution < 1.29 is 13.2 Å². The Morgan fingerprint density at radius 3 is 2.65 bits per heavy atom. The van der Waals surface area contributed by atoms with Gasteiger partial charge in [0.05, 0.1) is 11.8 Å². The van der Waals surface area contributed by atoms with E-state index < -0.39 is 15.9 Å². The van der Waals surface area contributed by atoms with Crippen LogP contribution < -0.4 is 5.73 Å². The minimum Gasteiger partial charge on any atom is -0.321 e. The SMILES string of the molecule is CS(=O)(=O)CCC(N)C(=O)c1cccc(Cl)c1. The second kappa shape index (κ2) is 5.62. The molecular formula is C11H14ClNO3S. The van der Waals surface area contributed by atoms with Crippen LogP contribution in [0.15, 0.2) is 24.3 Å². The van der Waals surface area contributed by atoms with Gasteiger partial charge in [-0.2, -0.15) is 0 Å². The van der Waals surface area contributed by atoms with E-state index >= 15 is 0 Å². The van der Waals surface area contributed by atoms with Crippen molar-refractivity contribution in [3.63, 3.8) is 0 Å². The first-order chi connectivity index (χ1) is 7.79. The first-order valence-electron chi connectivity index (χ1n) is 5.02. The van der Waals surface area contributed by atoms with Crippen molar-refractivity contribution in [1.29, 1.82) is 0 Å². The number of ketones is 1. The normalized spacial score (nSPS) is 13.4. The van der Waals surface area contributed by atoms with Gasteiger partial charge in [0.2, 0.25) is 0 Å². The predicted molar refractivity (Wildman–Crippen MR) is 68.1 cm³/mol. The van der Waals surface area contributed by atoms with E-state index in [1.165, 1.54) is 6.07 Å². The summed E-state index contributed by atoms with van der Waals surface area (Å²) in [7, 11) is -3.10. The number of Topliss-reactive ketones (excluding diaryl/α,β-unsaturated/α-hetero) is 1. The molecule has 17 heavy (non-hydrogen) atoms. The molecule has 0 aliphatic carbocycles. The third kappa shape index (κ3) is 4.85. The fourth-order valence-electron chi connectivity index (χ4n) is 1.33. The molecule has 1 atom stereocenters. The summed E-state index contributed by atoms with van der Waals surface area (Å²) in [5, 5.41) is 0.450. The third-order valence-electron chi connectivity index (χ3n) is 2.25. The highest BCUT2D eigenvalue weighted by Gasteiger charge is 2.17. The van der Waals surface area contributed by atoms with Crippen molar-refractivity contribution in [3.8, 4) is 0 Å². The van der Waals surface area contributed by atoms with Crippen LogP contribution in [0.1, 0.15) is 16.8 Å². The largest absolute Gasteiger partial charge is 0.321 e. The number of hydrogen-bond donors (Lipinski definition) is 1. The molecule has 6 heteroatoms. The Morgan fingerprint density at radius 1 is 1.47 bits per heavy atom. The number of sulfone groups is 1. The summed E-state index contributed by atoms with van der Waals surface area (Å²) in [5.74, 6) is -0.392. The lowest BCUT2D eigenvalue weighted by Gasteiger charge is -2.09. The van der Waals surface area contributed by atoms with Gasteiger partial charge in [0, 0.05) is 16.8 Å². The first-order valence-corrected chi connectivity index (χ1v) is 7.46. The number of benzene rings is 1. The number of nitrogens with two attached hydrogens (primary N) is 1. The van der Waals surface area contributed by atoms with Crippen LogP contribution in [0.25, 0.3) is 0 Å². The molecule has 0 heterocycles. The lowest BCUT2D eigenvalue weighted by molar-refractivity contribution is 0.0960. The highest BCUT2D eigenvalue weighted by molar-refractivity contribution is 7.90. The predicted octanol–water partition coefficient (Wildman–Crippen LogP) is 1.28. The van der Waals surface area contributed by atoms with Crippen LogP contribution in [0.3, 0.4) is 0 Å². The van der Waals surface area contributed by atoms with Gasteiger partial charge in [-0.1, -0.05) is 23.7 Å². The molecule has 1 aromatic rings. The molecule has 4 nitrogen and oxygen atoms in total. The van der Waals surface area contributed by atoms with Gasteiger partial charge in [-0.25, -0.2) is 8.42 Å². The van der Waals surface area contributed by atoms with Gasteiger partial charge in [-0.3, -0.25) is 4.79 Å². The molecule has 1 unspecified atom stereocenters. The van der Waals surface area contributed by atoms with Gasteiger partial charge in [0.15, 0.2) is 5.78 Å². The molecule has 0 fully saturated rings. The molecule has 0 saturated carbocycles. The molecule has 0 radical (unpaired) electrons. The molecule has 1 rings (SSSR count). The Balaban J connectivity index is 2.70. The van der Waals surface area contributed by atoms with E-state index in [0.717, 1.165) is 6.26 Å². The van der Waals surface area contributed by atoms with Crippen LogP contribution in [0.4, 0.5) is 0 Å². The maximum Gasteiger partial charge on any atom is 0.179 e. The fourth-order valence-corrected chi connectivity index (χ4v) is 2.20. The zero-order chi connectivity index (χ0) is 13.1. The van der Waals surface area contributed by atoms with Gasteiger partial charge in [-0.05, 0) is 18.6 Å². The summed E-state index contributed by atoms with van der Waals surface area (Å²) in [6.07, 6.45) is 1.23. The van der Waals surface area contributed by atoms with Crippen molar-refractivity contribution in [2.75, 3.05) is 12.0 Å². The van der Waals surface area contributed by atoms with Gasteiger partial charge >= 0.3 is 0 Å². The molecule has 1 aromatic carbocycles. The minimum absolute atomic E-state index is 0.0968. The number of rotatable bonds is 5. The Labute approximate surface area is 106 Å². The van der Waals surface area contributed by atoms with Crippen molar-refractivity contribution in [2.24, 2.45) is 5.73 Å². The van der Waals surface area contributed by atoms with Crippen LogP contribution in [-0.2, 0) is 9.84 Å². The zero-order valence-corrected chi connectivity index (χ0v) is 11.0. The van der Waals surface area contributed by atoms with E-state index in [-0.39, 0.29) is 18.0 Å². The molecule has 0 bridgehead atoms. The van der Waals surface area contributed by atoms with Crippen molar-refractivity contribution >= 4 is 27.2 Å². The Bertz CT molecular complexity index is 513. The average Bonchev–Trinajstić information content (AvgIpc) is 2.24. The average molecular weight is 276 g/mol. The molecule has 0 amide bonds. The summed E-state index contributed by atoms with van der Waals surface area (Å²) < 4.78 is 21.9. The van der Waals surface area contributed by atoms with E-state index in [9.17, 15) is 13.2 Å². The van der Waals surface area contributed by atoms with Crippen molar-refractivity contribution in [3.05, 3.63) is 34.9 Å². The quantitative estimate of drug-likeness (QED) is 0.822. The Morgan fingerprint density at radius 2 is 2.12 bits per heavy atom. The standard InChI is InChI=1S/C11H14ClNO3S/c1-17(15,16)6-5-10(13)11(14)8-3-2-4-9(12)7-8/h2-4,7,10H,5-6,13H2,1H3. The van der Waals surface area contributed by atoms with Crippen LogP contribution in [0, 0.1) is 0 Å². The van der Waals surface area contributed by atoms with E-state index in [2.05, 4.69) is 0 Å². The highest BCUT2D eigenvalue weighted by atomic mass is 35.5. The molecule has 0 aromatic heterocycles. The lowest BCUT2D eigenvalue weighted by Crippen LogP contribution is -2.32. The van der Waals surface area contributed by atoms with E-state index in [1.54, 1.807) is 18.2 Å². The van der Waals surface area contributed by atoms with Crippen molar-refractivity contribution in [1.82, 2.24) is 0 Å². The smallest absolute Gasteiger partial charge is 0.179 e. The molecule has 2 N–H and O–H groups in total. The summed E-state index contributed by atoms with van der Waals surface area (Å²) >= 11 is 5.75. The molecular weight excluding hydrogens is 262 g/mol. The molecule has 0 aliphatic rings. The third-order valence-corrected chi connectivity index (χ3v) is 3.46. The summed E-state index contributed by atoms with van der Waals surface area (Å²) in [6.45, 7) is 0. The maximum absolute atomic E-state index is 11.8. The maximum atomic E-state index is 11.8. The summed E-state index contributed by atoms with van der Waals surface area (Å²) in [4.78, 5) is 11.8. The van der Waals surface area contributed by atoms with Crippen molar-refractivity contribution in [2.45, 2.75) is 12.5 Å². The number of carbonyl (C=O) groups excluding carboxylic acids is 1. The second-order valence-corrected chi connectivity index (χ2v) is 6.60. The number of carbonyl (C=O) groups is 1. The van der Waals surface area contributed by atoms with E-state index in [0.29, 0.717) is 10.6 Å². The van der Waals surface area contributed by atoms with Gasteiger partial charge in [0.25, 0.3) is 0 Å². The molecule has 0 spiro atoms. The summed E-state index contributed by atoms with van der Waals surface area (Å²) in [6, 6.07) is 5.61. The monoisotopic (exact) mass is 275 g/mol. The van der Waals surface area contributed by atoms with Crippen LogP contribution >= 0.6 is 11.6 Å². The zero-order valence-electron chi connectivity index (χ0n) is 9.39. The van der Waals surface area contributed by atoms with Crippen LogP contribution in [0.2, 0.25) is 5.02 Å². The summed E-state index contributed by atoms with van der Waals surface area (Å²) in [5.41, 5.74) is 6.05. The Kier molecular flexibility index (Phi) is 4.68. The van der Waals surface area contributed by atoms with Gasteiger partial charge in [0.1, 0.15) is 9.84 Å². The second-order valence-electron chi connectivity index (χ2n) is 3.90. The van der Waals surface area contributed by atoms with Gasteiger partial charge in [-0.15, -0.1) is 0 Å². The highest BCUT2D eigenvalue weighted by Crippen LogP contribution is 2.13. The fraction of sp³-hybridized carbons (Fsp3) is 0.364. The van der Waals surface area contributed by atoms with E-state index in [4.69, 9.17) is 17.3 Å². The number of hydrogen-bond acceptors (Lipinski definition) is 4. The molecule has 0 saturated heterocycles. The lowest BCUT2D eigenvalue weighted by atomic mass is 10.0. The Hall–Kier alpha value is -0.910.